The van der Waals surface area contributed by atoms with Crippen molar-refractivity contribution in [1.29, 1.82) is 0 Å². The number of hydrogen-bond donors (Lipinski definition) is 1. The smallest absolute Gasteiger partial charge is 0.416 e. The maximum atomic E-state index is 12.9. The lowest BCUT2D eigenvalue weighted by Gasteiger charge is -2.15. The molecule has 2 aromatic carbocycles. The fraction of sp³-hybridized carbons (Fsp3) is 0.261. The number of amides is 1. The highest BCUT2D eigenvalue weighted by Gasteiger charge is 2.30. The average Bonchev–Trinajstić information content (AvgIpc) is 3.08. The van der Waals surface area contributed by atoms with Crippen LogP contribution in [0.3, 0.4) is 0 Å². The zero-order chi connectivity index (χ0) is 22.8. The first kappa shape index (κ1) is 22.3. The van der Waals surface area contributed by atoms with Gasteiger partial charge in [-0.2, -0.15) is 13.2 Å². The van der Waals surface area contributed by atoms with Crippen LogP contribution in [-0.2, 0) is 19.1 Å². The van der Waals surface area contributed by atoms with E-state index in [1.807, 2.05) is 16.7 Å². The Labute approximate surface area is 178 Å². The number of halogens is 3. The first-order chi connectivity index (χ1) is 14.7. The largest absolute Gasteiger partial charge is 0.497 e. The van der Waals surface area contributed by atoms with E-state index in [1.54, 1.807) is 33.3 Å². The molecule has 0 unspecified atom stereocenters. The van der Waals surface area contributed by atoms with Crippen molar-refractivity contribution in [2.45, 2.75) is 26.1 Å². The summed E-state index contributed by atoms with van der Waals surface area (Å²) in [7, 11) is 3.15. The van der Waals surface area contributed by atoms with Crippen LogP contribution in [0.5, 0.6) is 11.5 Å². The number of rotatable bonds is 7. The maximum Gasteiger partial charge on any atom is 0.416 e. The van der Waals surface area contributed by atoms with Crippen LogP contribution in [0.4, 0.5) is 13.2 Å². The predicted octanol–water partition coefficient (Wildman–Crippen LogP) is 4.84. The molecule has 2 N–H and O–H groups in total. The van der Waals surface area contributed by atoms with E-state index in [-0.39, 0.29) is 0 Å². The maximum absolute atomic E-state index is 12.9. The Bertz CT molecular complexity index is 1090. The number of alkyl halides is 3. The van der Waals surface area contributed by atoms with E-state index in [9.17, 15) is 18.0 Å². The highest BCUT2D eigenvalue weighted by atomic mass is 19.4. The van der Waals surface area contributed by atoms with Crippen molar-refractivity contribution in [3.63, 3.8) is 0 Å². The molecule has 0 radical (unpaired) electrons. The Balaban J connectivity index is 2.00. The molecule has 0 fully saturated rings. The van der Waals surface area contributed by atoms with Crippen LogP contribution in [0, 0.1) is 6.92 Å². The Morgan fingerprint density at radius 1 is 1.03 bits per heavy atom. The van der Waals surface area contributed by atoms with Crippen LogP contribution in [0.15, 0.2) is 48.5 Å². The van der Waals surface area contributed by atoms with Crippen LogP contribution >= 0.6 is 0 Å². The van der Waals surface area contributed by atoms with Gasteiger partial charge in [0, 0.05) is 17.9 Å². The van der Waals surface area contributed by atoms with E-state index >= 15 is 0 Å². The molecule has 0 spiro atoms. The van der Waals surface area contributed by atoms with Crippen molar-refractivity contribution in [2.75, 3.05) is 14.2 Å². The molecule has 0 aliphatic carbocycles. The average molecular weight is 432 g/mol. The van der Waals surface area contributed by atoms with Crippen molar-refractivity contribution >= 4 is 5.91 Å². The monoisotopic (exact) mass is 432 g/mol. The van der Waals surface area contributed by atoms with Crippen LogP contribution in [0.1, 0.15) is 27.2 Å². The zero-order valence-corrected chi connectivity index (χ0v) is 17.4. The predicted molar refractivity (Wildman–Crippen MR) is 111 cm³/mol. The van der Waals surface area contributed by atoms with Crippen molar-refractivity contribution in [1.82, 2.24) is 4.57 Å². The first-order valence-corrected chi connectivity index (χ1v) is 9.54. The summed E-state index contributed by atoms with van der Waals surface area (Å²) in [6, 6.07) is 11.9. The van der Waals surface area contributed by atoms with E-state index in [0.29, 0.717) is 47.0 Å². The van der Waals surface area contributed by atoms with Gasteiger partial charge >= 0.3 is 6.18 Å². The molecule has 1 heterocycles. The van der Waals surface area contributed by atoms with Crippen LogP contribution in [0.2, 0.25) is 0 Å². The standard InChI is InChI=1S/C23H23F3N2O3/c1-14-19(22(27)29)13-20(15-4-6-17(7-5-15)23(24,25)26)28(14)11-10-16-12-18(30-2)8-9-21(16)31-3/h4-9,12-13H,10-11H2,1-3H3,(H2,27,29). The molecule has 3 rings (SSSR count). The minimum absolute atomic E-state index is 0.326. The number of methoxy groups -OCH3 is 2. The number of nitrogens with zero attached hydrogens (tertiary/aromatic N) is 1. The summed E-state index contributed by atoms with van der Waals surface area (Å²) in [6.07, 6.45) is -3.88. The Kier molecular flexibility index (Phi) is 6.29. The normalized spacial score (nSPS) is 11.4. The van der Waals surface area contributed by atoms with Crippen molar-refractivity contribution in [3.8, 4) is 22.8 Å². The molecule has 1 aromatic heterocycles. The lowest BCUT2D eigenvalue weighted by Crippen LogP contribution is -2.13. The molecule has 0 atom stereocenters. The lowest BCUT2D eigenvalue weighted by molar-refractivity contribution is -0.137. The van der Waals surface area contributed by atoms with Crippen LogP contribution < -0.4 is 15.2 Å². The topological polar surface area (TPSA) is 66.5 Å². The molecule has 5 nitrogen and oxygen atoms in total. The second-order valence-corrected chi connectivity index (χ2v) is 7.05. The van der Waals surface area contributed by atoms with Gasteiger partial charge in [0.15, 0.2) is 0 Å². The van der Waals surface area contributed by atoms with Gasteiger partial charge in [-0.1, -0.05) is 12.1 Å². The number of aromatic nitrogens is 1. The van der Waals surface area contributed by atoms with Gasteiger partial charge in [0.05, 0.1) is 25.3 Å². The summed E-state index contributed by atoms with van der Waals surface area (Å²) in [5, 5.41) is 0. The Hall–Kier alpha value is -3.42. The van der Waals surface area contributed by atoms with Crippen LogP contribution in [0.25, 0.3) is 11.3 Å². The second-order valence-electron chi connectivity index (χ2n) is 7.05. The van der Waals surface area contributed by atoms with Crippen molar-refractivity contribution < 1.29 is 27.4 Å². The minimum Gasteiger partial charge on any atom is -0.497 e. The number of ether oxygens (including phenoxy) is 2. The van der Waals surface area contributed by atoms with Gasteiger partial charge in [0.25, 0.3) is 5.91 Å². The van der Waals surface area contributed by atoms with E-state index in [0.717, 1.165) is 17.7 Å². The van der Waals surface area contributed by atoms with E-state index in [4.69, 9.17) is 15.2 Å². The molecular formula is C23H23F3N2O3. The summed E-state index contributed by atoms with van der Waals surface area (Å²) in [6.45, 7) is 2.22. The Morgan fingerprint density at radius 2 is 1.71 bits per heavy atom. The third kappa shape index (κ3) is 4.68. The van der Waals surface area contributed by atoms with Gasteiger partial charge < -0.3 is 19.8 Å². The van der Waals surface area contributed by atoms with Gasteiger partial charge in [-0.05, 0) is 60.9 Å². The fourth-order valence-corrected chi connectivity index (χ4v) is 3.56. The third-order valence-electron chi connectivity index (χ3n) is 5.23. The van der Waals surface area contributed by atoms with Crippen LogP contribution in [-0.4, -0.2) is 24.7 Å². The summed E-state index contributed by atoms with van der Waals surface area (Å²) in [4.78, 5) is 11.9. The number of nitrogens with two attached hydrogens (primary N) is 1. The molecule has 0 bridgehead atoms. The third-order valence-corrected chi connectivity index (χ3v) is 5.23. The molecule has 0 aliphatic rings. The molecule has 31 heavy (non-hydrogen) atoms. The quantitative estimate of drug-likeness (QED) is 0.581. The lowest BCUT2D eigenvalue weighted by atomic mass is 10.1. The molecule has 3 aromatic rings. The summed E-state index contributed by atoms with van der Waals surface area (Å²) < 4.78 is 51.4. The van der Waals surface area contributed by atoms with Gasteiger partial charge in [-0.3, -0.25) is 4.79 Å². The number of carbonyl (C=O) groups excluding carboxylic acids is 1. The number of carbonyl (C=O) groups is 1. The summed E-state index contributed by atoms with van der Waals surface area (Å²) in [5.41, 5.74) is 7.81. The SMILES string of the molecule is COc1ccc(OC)c(CCn2c(-c3ccc(C(F)(F)F)cc3)cc(C(N)=O)c2C)c1. The molecule has 0 saturated heterocycles. The molecule has 0 saturated carbocycles. The van der Waals surface area contributed by atoms with Gasteiger partial charge in [-0.25, -0.2) is 0 Å². The van der Waals surface area contributed by atoms with E-state index < -0.39 is 17.6 Å². The minimum atomic E-state index is -4.42. The van der Waals surface area contributed by atoms with Crippen molar-refractivity contribution in [2.24, 2.45) is 5.73 Å². The zero-order valence-electron chi connectivity index (χ0n) is 17.4. The number of aryl methyl sites for hydroxylation is 1. The molecular weight excluding hydrogens is 409 g/mol. The van der Waals surface area contributed by atoms with Gasteiger partial charge in [0.1, 0.15) is 11.5 Å². The summed E-state index contributed by atoms with van der Waals surface area (Å²) in [5.74, 6) is 0.779. The molecule has 1 amide bonds. The van der Waals surface area contributed by atoms with Crippen molar-refractivity contribution in [3.05, 3.63) is 70.9 Å². The van der Waals surface area contributed by atoms with Gasteiger partial charge in [0.2, 0.25) is 0 Å². The molecule has 164 valence electrons. The highest BCUT2D eigenvalue weighted by molar-refractivity contribution is 5.95. The molecule has 8 heteroatoms. The second kappa shape index (κ2) is 8.75. The number of hydrogen-bond acceptors (Lipinski definition) is 3. The summed E-state index contributed by atoms with van der Waals surface area (Å²) >= 11 is 0. The van der Waals surface area contributed by atoms with E-state index in [2.05, 4.69) is 0 Å². The first-order valence-electron chi connectivity index (χ1n) is 9.54. The fourth-order valence-electron chi connectivity index (χ4n) is 3.56. The Morgan fingerprint density at radius 3 is 2.26 bits per heavy atom. The number of primary amides is 1. The number of benzene rings is 2. The van der Waals surface area contributed by atoms with E-state index in [1.165, 1.54) is 12.1 Å². The highest BCUT2D eigenvalue weighted by Crippen LogP contribution is 2.33. The molecule has 0 aliphatic heterocycles. The van der Waals surface area contributed by atoms with Gasteiger partial charge in [-0.15, -0.1) is 0 Å².